The molecule has 0 aliphatic heterocycles. The van der Waals surface area contributed by atoms with Gasteiger partial charge < -0.3 is 5.32 Å². The average molecular weight is 218 g/mol. The molecule has 0 bridgehead atoms. The molecule has 0 radical (unpaired) electrons. The highest BCUT2D eigenvalue weighted by Gasteiger charge is 2.03. The van der Waals surface area contributed by atoms with E-state index in [2.05, 4.69) is 49.3 Å². The van der Waals surface area contributed by atoms with Gasteiger partial charge in [-0.1, -0.05) is 19.9 Å². The first kappa shape index (κ1) is 12.8. The second kappa shape index (κ2) is 5.69. The van der Waals surface area contributed by atoms with Crippen molar-refractivity contribution in [1.82, 2.24) is 0 Å². The van der Waals surface area contributed by atoms with Crippen LogP contribution in [0.1, 0.15) is 31.9 Å². The molecule has 0 heterocycles. The first-order valence-electron chi connectivity index (χ1n) is 5.83. The highest BCUT2D eigenvalue weighted by atomic mass is 15.0. The van der Waals surface area contributed by atoms with Crippen LogP contribution in [-0.2, 0) is 6.42 Å². The number of amidine groups is 1. The molecule has 88 valence electrons. The zero-order valence-electron chi connectivity index (χ0n) is 11.0. The van der Waals surface area contributed by atoms with E-state index >= 15 is 0 Å². The van der Waals surface area contributed by atoms with Gasteiger partial charge in [-0.3, -0.25) is 4.99 Å². The van der Waals surface area contributed by atoms with Gasteiger partial charge in [0.1, 0.15) is 0 Å². The molecule has 0 aliphatic carbocycles. The molecular weight excluding hydrogens is 196 g/mol. The monoisotopic (exact) mass is 218 g/mol. The molecule has 0 aromatic heterocycles. The summed E-state index contributed by atoms with van der Waals surface area (Å²) in [5, 5.41) is 3.26. The van der Waals surface area contributed by atoms with Crippen LogP contribution in [0.3, 0.4) is 0 Å². The van der Waals surface area contributed by atoms with Crippen molar-refractivity contribution in [3.05, 3.63) is 29.3 Å². The quantitative estimate of drug-likeness (QED) is 0.607. The Bertz CT molecular complexity index is 378. The minimum Gasteiger partial charge on any atom is -0.344 e. The van der Waals surface area contributed by atoms with Crippen molar-refractivity contribution >= 4 is 11.5 Å². The molecule has 1 aromatic carbocycles. The largest absolute Gasteiger partial charge is 0.344 e. The third kappa shape index (κ3) is 3.69. The molecule has 1 rings (SSSR count). The molecule has 0 saturated heterocycles. The fourth-order valence-electron chi connectivity index (χ4n) is 1.71. The Morgan fingerprint density at radius 2 is 2.06 bits per heavy atom. The summed E-state index contributed by atoms with van der Waals surface area (Å²) in [5.74, 6) is 1.65. The number of benzene rings is 1. The Hall–Kier alpha value is -1.31. The summed E-state index contributed by atoms with van der Waals surface area (Å²) in [6.45, 7) is 8.64. The Morgan fingerprint density at radius 1 is 1.38 bits per heavy atom. The minimum absolute atomic E-state index is 0.705. The standard InChI is InChI=1S/C14H22N2/c1-10(2)8-13-6-7-14(9-11(13)3)16-12(4)15-5/h6-7,9-10H,8H2,1-5H3,(H,15,16). The fraction of sp³-hybridized carbons (Fsp3) is 0.500. The second-order valence-corrected chi connectivity index (χ2v) is 4.67. The lowest BCUT2D eigenvalue weighted by Crippen LogP contribution is -2.07. The number of hydrogen-bond donors (Lipinski definition) is 1. The maximum absolute atomic E-state index is 4.09. The summed E-state index contributed by atoms with van der Waals surface area (Å²) >= 11 is 0. The lowest BCUT2D eigenvalue weighted by atomic mass is 9.98. The van der Waals surface area contributed by atoms with E-state index in [1.54, 1.807) is 7.05 Å². The van der Waals surface area contributed by atoms with E-state index in [4.69, 9.17) is 0 Å². The van der Waals surface area contributed by atoms with Crippen LogP contribution in [0.15, 0.2) is 23.2 Å². The predicted octanol–water partition coefficient (Wildman–Crippen LogP) is 3.65. The molecule has 1 aromatic rings. The number of hydrogen-bond acceptors (Lipinski definition) is 1. The first-order valence-corrected chi connectivity index (χ1v) is 5.83. The first-order chi connectivity index (χ1) is 7.52. The molecule has 0 atom stereocenters. The van der Waals surface area contributed by atoms with Gasteiger partial charge in [-0.05, 0) is 49.4 Å². The van der Waals surface area contributed by atoms with Crippen LogP contribution in [0.4, 0.5) is 5.69 Å². The van der Waals surface area contributed by atoms with Crippen molar-refractivity contribution in [2.45, 2.75) is 34.1 Å². The third-order valence-electron chi connectivity index (χ3n) is 2.63. The van der Waals surface area contributed by atoms with Gasteiger partial charge in [0.05, 0.1) is 5.84 Å². The van der Waals surface area contributed by atoms with Crippen molar-refractivity contribution in [1.29, 1.82) is 0 Å². The number of aryl methyl sites for hydroxylation is 1. The predicted molar refractivity (Wildman–Crippen MR) is 72.4 cm³/mol. The van der Waals surface area contributed by atoms with Crippen LogP contribution in [0.2, 0.25) is 0 Å². The molecule has 0 saturated carbocycles. The number of nitrogens with zero attached hydrogens (tertiary/aromatic N) is 1. The highest BCUT2D eigenvalue weighted by Crippen LogP contribution is 2.18. The van der Waals surface area contributed by atoms with Gasteiger partial charge in [0.25, 0.3) is 0 Å². The molecular formula is C14H22N2. The Morgan fingerprint density at radius 3 is 2.56 bits per heavy atom. The fourth-order valence-corrected chi connectivity index (χ4v) is 1.71. The van der Waals surface area contributed by atoms with Gasteiger partial charge in [0.15, 0.2) is 0 Å². The lowest BCUT2D eigenvalue weighted by molar-refractivity contribution is 0.645. The van der Waals surface area contributed by atoms with Crippen molar-refractivity contribution in [2.24, 2.45) is 10.9 Å². The van der Waals surface area contributed by atoms with E-state index in [9.17, 15) is 0 Å². The van der Waals surface area contributed by atoms with E-state index in [0.29, 0.717) is 5.92 Å². The molecule has 1 N–H and O–H groups in total. The molecule has 0 spiro atoms. The van der Waals surface area contributed by atoms with E-state index in [1.807, 2.05) is 6.92 Å². The van der Waals surface area contributed by atoms with Crippen molar-refractivity contribution in [3.8, 4) is 0 Å². The minimum atomic E-state index is 0.705. The maximum Gasteiger partial charge on any atom is 0.0972 e. The molecule has 2 heteroatoms. The Labute approximate surface area is 98.8 Å². The Kier molecular flexibility index (Phi) is 4.53. The van der Waals surface area contributed by atoms with E-state index < -0.39 is 0 Å². The molecule has 0 unspecified atom stereocenters. The average Bonchev–Trinajstić information content (AvgIpc) is 2.21. The second-order valence-electron chi connectivity index (χ2n) is 4.67. The van der Waals surface area contributed by atoms with Crippen LogP contribution in [-0.4, -0.2) is 12.9 Å². The zero-order valence-corrected chi connectivity index (χ0v) is 11.0. The van der Waals surface area contributed by atoms with Crippen molar-refractivity contribution < 1.29 is 0 Å². The summed E-state index contributed by atoms with van der Waals surface area (Å²) < 4.78 is 0. The zero-order chi connectivity index (χ0) is 12.1. The summed E-state index contributed by atoms with van der Waals surface area (Å²) in [5.41, 5.74) is 3.90. The normalized spacial score (nSPS) is 12.0. The van der Waals surface area contributed by atoms with E-state index in [-0.39, 0.29) is 0 Å². The molecule has 0 amide bonds. The van der Waals surface area contributed by atoms with E-state index in [0.717, 1.165) is 17.9 Å². The number of aliphatic imine (C=N–C) groups is 1. The van der Waals surface area contributed by atoms with Gasteiger partial charge in [-0.15, -0.1) is 0 Å². The van der Waals surface area contributed by atoms with Gasteiger partial charge in [0.2, 0.25) is 0 Å². The van der Waals surface area contributed by atoms with Crippen molar-refractivity contribution in [2.75, 3.05) is 12.4 Å². The van der Waals surface area contributed by atoms with Gasteiger partial charge in [-0.25, -0.2) is 0 Å². The van der Waals surface area contributed by atoms with Gasteiger partial charge >= 0.3 is 0 Å². The van der Waals surface area contributed by atoms with E-state index in [1.165, 1.54) is 11.1 Å². The molecule has 2 nitrogen and oxygen atoms in total. The smallest absolute Gasteiger partial charge is 0.0972 e. The highest BCUT2D eigenvalue weighted by molar-refractivity contribution is 5.93. The van der Waals surface area contributed by atoms with Gasteiger partial charge in [-0.2, -0.15) is 0 Å². The van der Waals surface area contributed by atoms with Crippen molar-refractivity contribution in [3.63, 3.8) is 0 Å². The molecule has 0 aliphatic rings. The number of anilines is 1. The molecule has 0 fully saturated rings. The van der Waals surface area contributed by atoms with Gasteiger partial charge in [0, 0.05) is 12.7 Å². The topological polar surface area (TPSA) is 24.4 Å². The van der Waals surface area contributed by atoms with Crippen LogP contribution in [0.5, 0.6) is 0 Å². The number of nitrogens with one attached hydrogen (secondary N) is 1. The lowest BCUT2D eigenvalue weighted by Gasteiger charge is -2.11. The maximum atomic E-state index is 4.09. The number of rotatable bonds is 3. The summed E-state index contributed by atoms with van der Waals surface area (Å²) in [6, 6.07) is 6.52. The molecule has 16 heavy (non-hydrogen) atoms. The van der Waals surface area contributed by atoms with Crippen LogP contribution in [0.25, 0.3) is 0 Å². The Balaban J connectivity index is 2.82. The summed E-state index contributed by atoms with van der Waals surface area (Å²) in [7, 11) is 1.79. The van der Waals surface area contributed by atoms with Crippen LogP contribution < -0.4 is 5.32 Å². The van der Waals surface area contributed by atoms with Crippen LogP contribution >= 0.6 is 0 Å². The SMILES string of the molecule is CN=C(C)Nc1ccc(CC(C)C)c(C)c1. The summed E-state index contributed by atoms with van der Waals surface area (Å²) in [6.07, 6.45) is 1.15. The summed E-state index contributed by atoms with van der Waals surface area (Å²) in [4.78, 5) is 4.09. The third-order valence-corrected chi connectivity index (χ3v) is 2.63. The van der Waals surface area contributed by atoms with Crippen LogP contribution in [0, 0.1) is 12.8 Å².